The molecule has 0 heterocycles. The minimum Gasteiger partial charge on any atom is -0.378 e. The van der Waals surface area contributed by atoms with Crippen LogP contribution in [0.2, 0.25) is 0 Å². The van der Waals surface area contributed by atoms with E-state index in [-0.39, 0.29) is 0 Å². The van der Waals surface area contributed by atoms with E-state index in [1.165, 1.54) is 0 Å². The van der Waals surface area contributed by atoms with Gasteiger partial charge in [-0.3, -0.25) is 0 Å². The normalized spacial score (nSPS) is 9.21. The maximum Gasteiger partial charge on any atom is 0.158 e. The summed E-state index contributed by atoms with van der Waals surface area (Å²) >= 11 is 0. The van der Waals surface area contributed by atoms with Gasteiger partial charge < -0.3 is 4.90 Å². The van der Waals surface area contributed by atoms with Crippen LogP contribution in [0.1, 0.15) is 11.5 Å². The molecule has 0 atom stereocenters. The van der Waals surface area contributed by atoms with Gasteiger partial charge in [-0.05, 0) is 17.7 Å². The molecule has 0 amide bonds. The predicted molar refractivity (Wildman–Crippen MR) is 54.7 cm³/mol. The molecule has 0 saturated heterocycles. The highest BCUT2D eigenvalue weighted by Crippen LogP contribution is 2.18. The zero-order valence-corrected chi connectivity index (χ0v) is 8.23. The molecule has 1 aromatic rings. The molecule has 0 aliphatic rings. The first-order valence-electron chi connectivity index (χ1n) is 4.25. The van der Waals surface area contributed by atoms with E-state index in [1.807, 2.05) is 55.4 Å². The lowest BCUT2D eigenvalue weighted by molar-refractivity contribution is 1.09. The summed E-state index contributed by atoms with van der Waals surface area (Å²) in [6.07, 6.45) is 0. The van der Waals surface area contributed by atoms with Crippen molar-refractivity contribution in [3.63, 3.8) is 0 Å². The van der Waals surface area contributed by atoms with Crippen molar-refractivity contribution in [3.8, 4) is 12.1 Å². The number of hydrogen-bond acceptors (Lipinski definition) is 3. The lowest BCUT2D eigenvalue weighted by Gasteiger charge is -2.12. The molecular formula is C11H11N3. The molecule has 0 saturated carbocycles. The van der Waals surface area contributed by atoms with Gasteiger partial charge in [0.2, 0.25) is 0 Å². The van der Waals surface area contributed by atoms with E-state index in [2.05, 4.69) is 0 Å². The highest BCUT2D eigenvalue weighted by Gasteiger charge is 2.08. The highest BCUT2D eigenvalue weighted by atomic mass is 15.1. The predicted octanol–water partition coefficient (Wildman–Crippen LogP) is 1.88. The fourth-order valence-corrected chi connectivity index (χ4v) is 1.14. The van der Waals surface area contributed by atoms with Gasteiger partial charge >= 0.3 is 0 Å². The van der Waals surface area contributed by atoms with E-state index >= 15 is 0 Å². The fourth-order valence-electron chi connectivity index (χ4n) is 1.14. The summed E-state index contributed by atoms with van der Waals surface area (Å²) in [5.41, 5.74) is 1.81. The van der Waals surface area contributed by atoms with Gasteiger partial charge in [-0.25, -0.2) is 0 Å². The van der Waals surface area contributed by atoms with Gasteiger partial charge in [0.05, 0.1) is 12.1 Å². The van der Waals surface area contributed by atoms with Crippen molar-refractivity contribution in [3.05, 3.63) is 29.8 Å². The molecule has 1 rings (SSSR count). The monoisotopic (exact) mass is 185 g/mol. The van der Waals surface area contributed by atoms with E-state index < -0.39 is 5.92 Å². The Labute approximate surface area is 83.8 Å². The molecule has 0 bridgehead atoms. The molecule has 0 aliphatic carbocycles. The Hall–Kier alpha value is -2.00. The molecule has 0 spiro atoms. The Balaban J connectivity index is 2.96. The molecule has 14 heavy (non-hydrogen) atoms. The molecular weight excluding hydrogens is 174 g/mol. The summed E-state index contributed by atoms with van der Waals surface area (Å²) in [7, 11) is 3.89. The van der Waals surface area contributed by atoms with Gasteiger partial charge in [-0.2, -0.15) is 10.5 Å². The number of nitrogens with zero attached hydrogens (tertiary/aromatic N) is 3. The van der Waals surface area contributed by atoms with Crippen LogP contribution in [0, 0.1) is 22.7 Å². The van der Waals surface area contributed by atoms with Crippen LogP contribution in [0.5, 0.6) is 0 Å². The van der Waals surface area contributed by atoms with Crippen LogP contribution in [0.25, 0.3) is 0 Å². The summed E-state index contributed by atoms with van der Waals surface area (Å²) in [5.74, 6) is -0.661. The molecule has 1 aromatic carbocycles. The van der Waals surface area contributed by atoms with E-state index in [9.17, 15) is 0 Å². The van der Waals surface area contributed by atoms with Crippen molar-refractivity contribution in [2.24, 2.45) is 0 Å². The topological polar surface area (TPSA) is 50.8 Å². The maximum absolute atomic E-state index is 8.68. The Morgan fingerprint density at radius 2 is 1.57 bits per heavy atom. The molecule has 0 aliphatic heterocycles. The molecule has 0 fully saturated rings. The smallest absolute Gasteiger partial charge is 0.158 e. The van der Waals surface area contributed by atoms with Crippen LogP contribution in [0.4, 0.5) is 5.69 Å². The summed E-state index contributed by atoms with van der Waals surface area (Å²) in [6, 6.07) is 11.3. The van der Waals surface area contributed by atoms with E-state index in [4.69, 9.17) is 10.5 Å². The van der Waals surface area contributed by atoms with Crippen molar-refractivity contribution < 1.29 is 0 Å². The second-order valence-electron chi connectivity index (χ2n) is 3.18. The summed E-state index contributed by atoms with van der Waals surface area (Å²) in [4.78, 5) is 1.97. The number of anilines is 1. The zero-order chi connectivity index (χ0) is 10.6. The third kappa shape index (κ3) is 2.02. The molecule has 70 valence electrons. The average molecular weight is 185 g/mol. The Morgan fingerprint density at radius 1 is 1.07 bits per heavy atom. The molecule has 0 aromatic heterocycles. The van der Waals surface area contributed by atoms with Gasteiger partial charge in [0, 0.05) is 19.8 Å². The minimum absolute atomic E-state index is 0.661. The first-order valence-corrected chi connectivity index (χ1v) is 4.25. The minimum atomic E-state index is -0.661. The quantitative estimate of drug-likeness (QED) is 0.706. The van der Waals surface area contributed by atoms with Gasteiger partial charge in [-0.15, -0.1) is 0 Å². The van der Waals surface area contributed by atoms with Crippen molar-refractivity contribution in [2.45, 2.75) is 5.92 Å². The molecule has 0 radical (unpaired) electrons. The lowest BCUT2D eigenvalue weighted by Crippen LogP contribution is -2.08. The van der Waals surface area contributed by atoms with Crippen LogP contribution < -0.4 is 4.90 Å². The molecule has 3 nitrogen and oxygen atoms in total. The van der Waals surface area contributed by atoms with Crippen molar-refractivity contribution in [1.29, 1.82) is 10.5 Å². The SMILES string of the molecule is CN(C)c1ccc(C(C#N)C#N)cc1. The van der Waals surface area contributed by atoms with E-state index in [1.54, 1.807) is 0 Å². The van der Waals surface area contributed by atoms with E-state index in [0.717, 1.165) is 11.3 Å². The van der Waals surface area contributed by atoms with Crippen LogP contribution in [0.15, 0.2) is 24.3 Å². The largest absolute Gasteiger partial charge is 0.378 e. The molecule has 3 heteroatoms. The second-order valence-corrected chi connectivity index (χ2v) is 3.18. The van der Waals surface area contributed by atoms with E-state index in [0.29, 0.717) is 0 Å². The second kappa shape index (κ2) is 4.30. The van der Waals surface area contributed by atoms with Gasteiger partial charge in [0.25, 0.3) is 0 Å². The summed E-state index contributed by atoms with van der Waals surface area (Å²) in [6.45, 7) is 0. The van der Waals surface area contributed by atoms with Crippen molar-refractivity contribution in [1.82, 2.24) is 0 Å². The van der Waals surface area contributed by atoms with Crippen LogP contribution in [-0.4, -0.2) is 14.1 Å². The Bertz CT molecular complexity index is 364. The maximum atomic E-state index is 8.68. The Kier molecular flexibility index (Phi) is 3.09. The first-order chi connectivity index (χ1) is 6.69. The van der Waals surface area contributed by atoms with Crippen LogP contribution in [0.3, 0.4) is 0 Å². The van der Waals surface area contributed by atoms with Crippen molar-refractivity contribution in [2.75, 3.05) is 19.0 Å². The van der Waals surface area contributed by atoms with Crippen LogP contribution >= 0.6 is 0 Å². The van der Waals surface area contributed by atoms with Gasteiger partial charge in [-0.1, -0.05) is 12.1 Å². The fraction of sp³-hybridized carbons (Fsp3) is 0.273. The highest BCUT2D eigenvalue weighted by molar-refractivity contribution is 5.48. The third-order valence-corrected chi connectivity index (χ3v) is 2.00. The average Bonchev–Trinajstić information content (AvgIpc) is 2.20. The third-order valence-electron chi connectivity index (χ3n) is 2.00. The number of rotatable bonds is 2. The molecule has 0 N–H and O–H groups in total. The van der Waals surface area contributed by atoms with Crippen molar-refractivity contribution >= 4 is 5.69 Å². The Morgan fingerprint density at radius 3 is 1.93 bits per heavy atom. The van der Waals surface area contributed by atoms with Gasteiger partial charge in [0.15, 0.2) is 5.92 Å². The summed E-state index contributed by atoms with van der Waals surface area (Å²) < 4.78 is 0. The van der Waals surface area contributed by atoms with Gasteiger partial charge in [0.1, 0.15) is 0 Å². The number of benzene rings is 1. The lowest BCUT2D eigenvalue weighted by atomic mass is 10.0. The van der Waals surface area contributed by atoms with Crippen LogP contribution in [-0.2, 0) is 0 Å². The number of nitriles is 2. The molecule has 0 unspecified atom stereocenters. The summed E-state index contributed by atoms with van der Waals surface area (Å²) in [5, 5.41) is 17.4. The first kappa shape index (κ1) is 10.1. The zero-order valence-electron chi connectivity index (χ0n) is 8.23. The number of hydrogen-bond donors (Lipinski definition) is 0. The standard InChI is InChI=1S/C11H11N3/c1-14(2)11-5-3-9(4-6-11)10(7-12)8-13/h3-6,10H,1-2H3.